The van der Waals surface area contributed by atoms with Crippen LogP contribution in [-0.2, 0) is 21.3 Å². The summed E-state index contributed by atoms with van der Waals surface area (Å²) in [7, 11) is -4.03. The summed E-state index contributed by atoms with van der Waals surface area (Å²) in [5.41, 5.74) is 2.54. The minimum absolute atomic E-state index is 0.0150. The molecule has 3 N–H and O–H groups in total. The van der Waals surface area contributed by atoms with Gasteiger partial charge in [0.25, 0.3) is 10.0 Å². The predicted octanol–water partition coefficient (Wildman–Crippen LogP) is 5.72. The molecule has 3 aromatic carbocycles. The van der Waals surface area contributed by atoms with E-state index < -0.39 is 27.9 Å². The smallest absolute Gasteiger partial charge is 0.264 e. The van der Waals surface area contributed by atoms with Crippen LogP contribution >= 0.6 is 11.6 Å². The molecule has 0 saturated carbocycles. The van der Waals surface area contributed by atoms with E-state index in [0.717, 1.165) is 5.56 Å². The molecule has 0 aliphatic carbocycles. The maximum atomic E-state index is 14.0. The van der Waals surface area contributed by atoms with E-state index in [2.05, 4.69) is 20.0 Å². The van der Waals surface area contributed by atoms with Crippen LogP contribution in [0.3, 0.4) is 0 Å². The number of nitrogens with zero attached hydrogens (tertiary/aromatic N) is 2. The Labute approximate surface area is 244 Å². The molecule has 0 saturated heterocycles. The van der Waals surface area contributed by atoms with Crippen molar-refractivity contribution in [3.8, 4) is 22.4 Å². The second-order valence-electron chi connectivity index (χ2n) is 10.1. The Bertz CT molecular complexity index is 1630. The number of aromatic nitrogens is 1. The molecule has 4 rings (SSSR count). The van der Waals surface area contributed by atoms with Crippen molar-refractivity contribution in [2.24, 2.45) is 4.99 Å². The van der Waals surface area contributed by atoms with E-state index in [1.807, 2.05) is 18.2 Å². The average Bonchev–Trinajstić information content (AvgIpc) is 2.91. The maximum Gasteiger partial charge on any atom is 0.264 e. The van der Waals surface area contributed by atoms with Crippen molar-refractivity contribution in [3.05, 3.63) is 108 Å². The van der Waals surface area contributed by atoms with Gasteiger partial charge in [0.15, 0.2) is 0 Å². The normalized spacial score (nSPS) is 13.1. The number of ether oxygens (including phenoxy) is 1. The van der Waals surface area contributed by atoms with Crippen LogP contribution in [0.4, 0.5) is 4.39 Å². The zero-order valence-electron chi connectivity index (χ0n) is 22.7. The minimum Gasteiger partial charge on any atom is -0.351 e. The van der Waals surface area contributed by atoms with Crippen molar-refractivity contribution < 1.29 is 22.7 Å². The molecular weight excluding hydrogens is 567 g/mol. The number of halogens is 2. The van der Waals surface area contributed by atoms with Crippen LogP contribution in [-0.4, -0.2) is 36.5 Å². The average molecular weight is 597 g/mol. The lowest BCUT2D eigenvalue weighted by Gasteiger charge is -2.25. The van der Waals surface area contributed by atoms with Crippen LogP contribution in [0.1, 0.15) is 26.3 Å². The largest absolute Gasteiger partial charge is 0.351 e. The standard InChI is InChI=1S/C30H30ClFN4O4S/c1-30(2,3)40-29(37)35-28(36-41(38,39)25-10-5-4-6-11-25)34-19-20-16-26(21-12-14-23(31)15-13-21)27(33-18-20)22-8-7-9-24(32)17-22/h4-18,29,37H,19H2,1-3H3,(H2,34,35,36). The van der Waals surface area contributed by atoms with Crippen LogP contribution in [0.2, 0.25) is 5.02 Å². The molecule has 4 aromatic rings. The molecule has 0 radical (unpaired) electrons. The lowest BCUT2D eigenvalue weighted by molar-refractivity contribution is -0.172. The third-order valence-corrected chi connectivity index (χ3v) is 7.23. The molecule has 0 fully saturated rings. The number of rotatable bonds is 8. The highest BCUT2D eigenvalue weighted by atomic mass is 35.5. The number of nitrogens with one attached hydrogen (secondary N) is 2. The highest BCUT2D eigenvalue weighted by molar-refractivity contribution is 7.90. The van der Waals surface area contributed by atoms with Crippen molar-refractivity contribution in [2.45, 2.75) is 44.2 Å². The van der Waals surface area contributed by atoms with Crippen molar-refractivity contribution in [1.29, 1.82) is 0 Å². The van der Waals surface area contributed by atoms with Gasteiger partial charge in [0, 0.05) is 22.3 Å². The quantitative estimate of drug-likeness (QED) is 0.136. The summed E-state index contributed by atoms with van der Waals surface area (Å²) in [6.07, 6.45) is 0.0273. The van der Waals surface area contributed by atoms with Gasteiger partial charge < -0.3 is 15.2 Å². The van der Waals surface area contributed by atoms with Gasteiger partial charge in [-0.05, 0) is 74.4 Å². The fourth-order valence-corrected chi connectivity index (χ4v) is 4.99. The first kappa shape index (κ1) is 30.1. The zero-order chi connectivity index (χ0) is 29.6. The Morgan fingerprint density at radius 2 is 1.73 bits per heavy atom. The molecule has 1 atom stereocenters. The van der Waals surface area contributed by atoms with Crippen LogP contribution in [0, 0.1) is 5.82 Å². The number of pyridine rings is 1. The third kappa shape index (κ3) is 8.58. The summed E-state index contributed by atoms with van der Waals surface area (Å²) in [6.45, 7) is 5.21. The number of benzene rings is 3. The molecule has 0 bridgehead atoms. The van der Waals surface area contributed by atoms with Gasteiger partial charge in [-0.3, -0.25) is 4.98 Å². The van der Waals surface area contributed by atoms with Crippen molar-refractivity contribution >= 4 is 27.6 Å². The van der Waals surface area contributed by atoms with Gasteiger partial charge in [0.2, 0.25) is 12.4 Å². The van der Waals surface area contributed by atoms with Crippen LogP contribution in [0.25, 0.3) is 22.4 Å². The van der Waals surface area contributed by atoms with E-state index in [1.165, 1.54) is 24.3 Å². The molecule has 1 aromatic heterocycles. The third-order valence-electron chi connectivity index (χ3n) is 5.63. The minimum atomic E-state index is -4.03. The number of hydrogen-bond donors (Lipinski definition) is 3. The van der Waals surface area contributed by atoms with E-state index in [0.29, 0.717) is 27.4 Å². The summed E-state index contributed by atoms with van der Waals surface area (Å²) < 4.78 is 47.9. The second kappa shape index (κ2) is 12.8. The highest BCUT2D eigenvalue weighted by Gasteiger charge is 2.21. The first-order chi connectivity index (χ1) is 19.4. The molecule has 1 unspecified atom stereocenters. The summed E-state index contributed by atoms with van der Waals surface area (Å²) in [5.74, 6) is -0.620. The molecule has 214 valence electrons. The second-order valence-corrected chi connectivity index (χ2v) is 12.2. The molecule has 0 aliphatic rings. The van der Waals surface area contributed by atoms with Gasteiger partial charge in [0.05, 0.1) is 22.7 Å². The van der Waals surface area contributed by atoms with E-state index in [4.69, 9.17) is 16.3 Å². The summed E-state index contributed by atoms with van der Waals surface area (Å²) in [5, 5.41) is 13.6. The molecule has 1 heterocycles. The molecule has 11 heteroatoms. The van der Waals surface area contributed by atoms with Crippen LogP contribution < -0.4 is 10.0 Å². The van der Waals surface area contributed by atoms with Crippen LogP contribution in [0.5, 0.6) is 0 Å². The topological polar surface area (TPSA) is 113 Å². The summed E-state index contributed by atoms with van der Waals surface area (Å²) >= 11 is 6.09. The van der Waals surface area contributed by atoms with Gasteiger partial charge in [-0.2, -0.15) is 0 Å². The first-order valence-electron chi connectivity index (χ1n) is 12.7. The van der Waals surface area contributed by atoms with E-state index in [9.17, 15) is 17.9 Å². The first-order valence-corrected chi connectivity index (χ1v) is 14.5. The lowest BCUT2D eigenvalue weighted by Crippen LogP contribution is -2.48. The van der Waals surface area contributed by atoms with Crippen molar-refractivity contribution in [1.82, 2.24) is 15.0 Å². The van der Waals surface area contributed by atoms with Gasteiger partial charge in [-0.25, -0.2) is 22.5 Å². The Morgan fingerprint density at radius 3 is 2.39 bits per heavy atom. The van der Waals surface area contributed by atoms with E-state index in [1.54, 1.807) is 69.4 Å². The van der Waals surface area contributed by atoms with Crippen molar-refractivity contribution in [2.75, 3.05) is 0 Å². The van der Waals surface area contributed by atoms with Gasteiger partial charge >= 0.3 is 0 Å². The highest BCUT2D eigenvalue weighted by Crippen LogP contribution is 2.32. The summed E-state index contributed by atoms with van der Waals surface area (Å²) in [4.78, 5) is 9.01. The summed E-state index contributed by atoms with van der Waals surface area (Å²) in [6, 6.07) is 22.9. The number of guanidine groups is 1. The number of aliphatic hydroxyl groups is 1. The Kier molecular flexibility index (Phi) is 9.39. The SMILES string of the molecule is CC(C)(C)OC(O)NC(=NCc1cnc(-c2cccc(F)c2)c(-c2ccc(Cl)cc2)c1)NS(=O)(=O)c1ccccc1. The fraction of sp³-hybridized carbons (Fsp3) is 0.200. The fourth-order valence-electron chi connectivity index (χ4n) is 3.85. The Balaban J connectivity index is 1.70. The predicted molar refractivity (Wildman–Crippen MR) is 158 cm³/mol. The molecule has 0 spiro atoms. The number of aliphatic imine (C=N–C) groups is 1. The molecule has 0 aliphatic heterocycles. The van der Waals surface area contributed by atoms with Gasteiger partial charge in [0.1, 0.15) is 5.82 Å². The van der Waals surface area contributed by atoms with Crippen LogP contribution in [0.15, 0.2) is 101 Å². The molecule has 0 amide bonds. The molecule has 41 heavy (non-hydrogen) atoms. The van der Waals surface area contributed by atoms with E-state index in [-0.39, 0.29) is 17.4 Å². The lowest BCUT2D eigenvalue weighted by atomic mass is 9.98. The zero-order valence-corrected chi connectivity index (χ0v) is 24.2. The van der Waals surface area contributed by atoms with Gasteiger partial charge in [-0.1, -0.05) is 54.1 Å². The van der Waals surface area contributed by atoms with Gasteiger partial charge in [-0.15, -0.1) is 0 Å². The number of sulfonamides is 1. The molecular formula is C30H30ClFN4O4S. The Morgan fingerprint density at radius 1 is 1.02 bits per heavy atom. The number of aliphatic hydroxyl groups excluding tert-OH is 1. The molecule has 8 nitrogen and oxygen atoms in total. The van der Waals surface area contributed by atoms with Crippen molar-refractivity contribution in [3.63, 3.8) is 0 Å². The maximum absolute atomic E-state index is 14.0. The monoisotopic (exact) mass is 596 g/mol. The Hall–Kier alpha value is -3.83. The van der Waals surface area contributed by atoms with E-state index >= 15 is 0 Å². The number of hydrogen-bond acceptors (Lipinski definition) is 6.